The number of amides is 1. The number of benzene rings is 2. The summed E-state index contributed by atoms with van der Waals surface area (Å²) in [4.78, 5) is 12.5. The summed E-state index contributed by atoms with van der Waals surface area (Å²) in [6, 6.07) is 12.4. The second kappa shape index (κ2) is 8.86. The molecule has 2 aromatic carbocycles. The van der Waals surface area contributed by atoms with E-state index in [1.165, 1.54) is 9.87 Å². The minimum atomic E-state index is -3.25. The molecular weight excluding hydrogens is 388 g/mol. The van der Waals surface area contributed by atoms with Crippen LogP contribution in [0, 0.1) is 13.8 Å². The lowest BCUT2D eigenvalue weighted by atomic mass is 10.1. The summed E-state index contributed by atoms with van der Waals surface area (Å²) >= 11 is 0. The van der Waals surface area contributed by atoms with Gasteiger partial charge < -0.3 is 10.1 Å². The highest BCUT2D eigenvalue weighted by molar-refractivity contribution is 7.92. The standard InChI is InChI=1S/C22H28N2O4S/c1-16-6-11-21(14-17(16)2)28-15-18(3)23-22(25)19-7-9-20(10-8-19)24-12-4-5-13-29(24,26)27/h6-11,14,18H,4-5,12-13,15H2,1-3H3,(H,23,25)/t18-/m1/s1. The van der Waals surface area contributed by atoms with Gasteiger partial charge in [0, 0.05) is 12.1 Å². The summed E-state index contributed by atoms with van der Waals surface area (Å²) in [6.07, 6.45) is 1.54. The molecule has 0 aliphatic carbocycles. The number of nitrogens with one attached hydrogen (secondary N) is 1. The molecule has 3 rings (SSSR count). The first-order valence-corrected chi connectivity index (χ1v) is 11.5. The van der Waals surface area contributed by atoms with E-state index in [0.29, 0.717) is 30.8 Å². The molecule has 0 unspecified atom stereocenters. The average Bonchev–Trinajstić information content (AvgIpc) is 2.69. The third kappa shape index (κ3) is 5.29. The minimum Gasteiger partial charge on any atom is -0.491 e. The molecule has 0 saturated carbocycles. The summed E-state index contributed by atoms with van der Waals surface area (Å²) in [5.41, 5.74) is 3.46. The van der Waals surface area contributed by atoms with Gasteiger partial charge in [-0.2, -0.15) is 0 Å². The Morgan fingerprint density at radius 1 is 1.10 bits per heavy atom. The van der Waals surface area contributed by atoms with E-state index >= 15 is 0 Å². The Balaban J connectivity index is 1.56. The van der Waals surface area contributed by atoms with Crippen molar-refractivity contribution < 1.29 is 17.9 Å². The van der Waals surface area contributed by atoms with Gasteiger partial charge in [-0.15, -0.1) is 0 Å². The number of anilines is 1. The van der Waals surface area contributed by atoms with Gasteiger partial charge in [0.05, 0.1) is 17.5 Å². The van der Waals surface area contributed by atoms with E-state index in [1.54, 1.807) is 24.3 Å². The Labute approximate surface area is 172 Å². The van der Waals surface area contributed by atoms with Gasteiger partial charge in [-0.05, 0) is 81.1 Å². The monoisotopic (exact) mass is 416 g/mol. The minimum absolute atomic E-state index is 0.174. The van der Waals surface area contributed by atoms with Crippen LogP contribution in [0.25, 0.3) is 0 Å². The highest BCUT2D eigenvalue weighted by atomic mass is 32.2. The largest absolute Gasteiger partial charge is 0.491 e. The van der Waals surface area contributed by atoms with Crippen molar-refractivity contribution in [3.8, 4) is 5.75 Å². The number of sulfonamides is 1. The maximum Gasteiger partial charge on any atom is 0.251 e. The van der Waals surface area contributed by atoms with Gasteiger partial charge in [-0.3, -0.25) is 9.10 Å². The summed E-state index contributed by atoms with van der Waals surface area (Å²) in [5.74, 6) is 0.739. The van der Waals surface area contributed by atoms with Crippen molar-refractivity contribution >= 4 is 21.6 Å². The van der Waals surface area contributed by atoms with Gasteiger partial charge in [-0.25, -0.2) is 8.42 Å². The van der Waals surface area contributed by atoms with Crippen LogP contribution in [-0.4, -0.2) is 39.3 Å². The molecular formula is C22H28N2O4S. The first kappa shape index (κ1) is 21.2. The second-order valence-corrected chi connectivity index (χ2v) is 9.59. The van der Waals surface area contributed by atoms with Gasteiger partial charge >= 0.3 is 0 Å². The van der Waals surface area contributed by atoms with Crippen LogP contribution >= 0.6 is 0 Å². The lowest BCUT2D eigenvalue weighted by Crippen LogP contribution is -2.38. The molecule has 0 aromatic heterocycles. The Kier molecular flexibility index (Phi) is 6.47. The van der Waals surface area contributed by atoms with Crippen molar-refractivity contribution in [3.63, 3.8) is 0 Å². The maximum atomic E-state index is 12.5. The number of nitrogens with zero attached hydrogens (tertiary/aromatic N) is 1. The average molecular weight is 417 g/mol. The van der Waals surface area contributed by atoms with Gasteiger partial charge in [0.15, 0.2) is 0 Å². The third-order valence-electron chi connectivity index (χ3n) is 5.12. The fourth-order valence-corrected chi connectivity index (χ4v) is 4.87. The van der Waals surface area contributed by atoms with Crippen molar-refractivity contribution in [2.24, 2.45) is 0 Å². The molecule has 1 heterocycles. The number of carbonyl (C=O) groups is 1. The van der Waals surface area contributed by atoms with E-state index in [4.69, 9.17) is 4.74 Å². The summed E-state index contributed by atoms with van der Waals surface area (Å²) in [6.45, 7) is 6.81. The van der Waals surface area contributed by atoms with Gasteiger partial charge in [0.25, 0.3) is 5.91 Å². The van der Waals surface area contributed by atoms with E-state index in [0.717, 1.165) is 17.7 Å². The molecule has 6 nitrogen and oxygen atoms in total. The van der Waals surface area contributed by atoms with Crippen LogP contribution in [0.5, 0.6) is 5.75 Å². The van der Waals surface area contributed by atoms with Crippen LogP contribution in [-0.2, 0) is 10.0 Å². The first-order chi connectivity index (χ1) is 13.8. The van der Waals surface area contributed by atoms with Gasteiger partial charge in [-0.1, -0.05) is 6.07 Å². The molecule has 7 heteroatoms. The molecule has 0 spiro atoms. The van der Waals surface area contributed by atoms with Crippen LogP contribution in [0.3, 0.4) is 0 Å². The summed E-state index contributed by atoms with van der Waals surface area (Å²) < 4.78 is 31.6. The first-order valence-electron chi connectivity index (χ1n) is 9.88. The van der Waals surface area contributed by atoms with Gasteiger partial charge in [0.2, 0.25) is 10.0 Å². The Hall–Kier alpha value is -2.54. The predicted molar refractivity (Wildman–Crippen MR) is 115 cm³/mol. The number of carbonyl (C=O) groups excluding carboxylic acids is 1. The lowest BCUT2D eigenvalue weighted by Gasteiger charge is -2.28. The van der Waals surface area contributed by atoms with Gasteiger partial charge in [0.1, 0.15) is 12.4 Å². The zero-order valence-electron chi connectivity index (χ0n) is 17.1. The van der Waals surface area contributed by atoms with Crippen molar-refractivity contribution in [1.82, 2.24) is 5.32 Å². The van der Waals surface area contributed by atoms with Crippen LogP contribution in [0.4, 0.5) is 5.69 Å². The molecule has 156 valence electrons. The molecule has 1 fully saturated rings. The lowest BCUT2D eigenvalue weighted by molar-refractivity contribution is 0.0926. The zero-order chi connectivity index (χ0) is 21.0. The Morgan fingerprint density at radius 2 is 1.83 bits per heavy atom. The topological polar surface area (TPSA) is 75.7 Å². The fraction of sp³-hybridized carbons (Fsp3) is 0.409. The molecule has 1 amide bonds. The van der Waals surface area contributed by atoms with E-state index in [9.17, 15) is 13.2 Å². The third-order valence-corrected chi connectivity index (χ3v) is 6.99. The molecule has 29 heavy (non-hydrogen) atoms. The Morgan fingerprint density at radius 3 is 2.48 bits per heavy atom. The van der Waals surface area contributed by atoms with E-state index < -0.39 is 10.0 Å². The molecule has 1 atom stereocenters. The fourth-order valence-electron chi connectivity index (χ4n) is 3.23. The quantitative estimate of drug-likeness (QED) is 0.783. The SMILES string of the molecule is Cc1ccc(OC[C@@H](C)NC(=O)c2ccc(N3CCCCS3(=O)=O)cc2)cc1C. The smallest absolute Gasteiger partial charge is 0.251 e. The molecule has 1 aliphatic rings. The highest BCUT2D eigenvalue weighted by Crippen LogP contribution is 2.23. The highest BCUT2D eigenvalue weighted by Gasteiger charge is 2.26. The number of ether oxygens (including phenoxy) is 1. The predicted octanol–water partition coefficient (Wildman–Crippen LogP) is 3.43. The van der Waals surface area contributed by atoms with Crippen LogP contribution < -0.4 is 14.4 Å². The van der Waals surface area contributed by atoms with E-state index in [1.807, 2.05) is 39.0 Å². The normalized spacial score (nSPS) is 16.9. The van der Waals surface area contributed by atoms with Crippen LogP contribution in [0.2, 0.25) is 0 Å². The van der Waals surface area contributed by atoms with Crippen LogP contribution in [0.15, 0.2) is 42.5 Å². The van der Waals surface area contributed by atoms with E-state index in [2.05, 4.69) is 5.32 Å². The second-order valence-electron chi connectivity index (χ2n) is 7.57. The Bertz CT molecular complexity index is 971. The number of aryl methyl sites for hydroxylation is 2. The molecule has 1 saturated heterocycles. The zero-order valence-corrected chi connectivity index (χ0v) is 18.0. The summed E-state index contributed by atoms with van der Waals surface area (Å²) in [5, 5.41) is 2.91. The van der Waals surface area contributed by atoms with Crippen molar-refractivity contribution in [2.75, 3.05) is 23.2 Å². The summed E-state index contributed by atoms with van der Waals surface area (Å²) in [7, 11) is -3.25. The van der Waals surface area contributed by atoms with Crippen molar-refractivity contribution in [3.05, 3.63) is 59.2 Å². The maximum absolute atomic E-state index is 12.5. The molecule has 0 bridgehead atoms. The number of hydrogen-bond donors (Lipinski definition) is 1. The van der Waals surface area contributed by atoms with Crippen molar-refractivity contribution in [2.45, 2.75) is 39.7 Å². The van der Waals surface area contributed by atoms with Crippen LogP contribution in [0.1, 0.15) is 41.3 Å². The number of hydrogen-bond acceptors (Lipinski definition) is 4. The number of rotatable bonds is 6. The molecule has 1 aliphatic heterocycles. The van der Waals surface area contributed by atoms with Crippen molar-refractivity contribution in [1.29, 1.82) is 0 Å². The molecule has 0 radical (unpaired) electrons. The van der Waals surface area contributed by atoms with E-state index in [-0.39, 0.29) is 17.7 Å². The molecule has 2 aromatic rings. The molecule has 1 N–H and O–H groups in total.